The van der Waals surface area contributed by atoms with Gasteiger partial charge < -0.3 is 28.8 Å². The molecule has 6 heteroatoms. The van der Waals surface area contributed by atoms with Crippen LogP contribution in [-0.4, -0.2) is 80.8 Å². The van der Waals surface area contributed by atoms with Crippen molar-refractivity contribution < 1.29 is 28.8 Å². The van der Waals surface area contributed by atoms with Crippen LogP contribution in [0.4, 0.5) is 0 Å². The molecule has 1 N–H and O–H groups in total. The van der Waals surface area contributed by atoms with E-state index in [1.54, 1.807) is 42.7 Å². The van der Waals surface area contributed by atoms with Crippen LogP contribution in [0.5, 0.6) is 0 Å². The van der Waals surface area contributed by atoms with Gasteiger partial charge in [-0.2, -0.15) is 0 Å². The fourth-order valence-electron chi connectivity index (χ4n) is 0.556. The predicted molar refractivity (Wildman–Crippen MR) is 82.4 cm³/mol. The number of hydrogen-bond donors (Lipinski definition) is 1. The van der Waals surface area contributed by atoms with Crippen molar-refractivity contribution in [3.8, 4) is 0 Å². The van der Waals surface area contributed by atoms with E-state index in [2.05, 4.69) is 14.2 Å². The van der Waals surface area contributed by atoms with Crippen molar-refractivity contribution in [3.05, 3.63) is 0 Å². The van der Waals surface area contributed by atoms with Crippen LogP contribution in [0.25, 0.3) is 0 Å². The van der Waals surface area contributed by atoms with Gasteiger partial charge >= 0.3 is 0 Å². The zero-order valence-electron chi connectivity index (χ0n) is 14.4. The number of aliphatic hydroxyl groups excluding tert-OH is 1. The van der Waals surface area contributed by atoms with Crippen molar-refractivity contribution in [3.63, 3.8) is 0 Å². The van der Waals surface area contributed by atoms with Crippen LogP contribution in [0.1, 0.15) is 19.8 Å². The van der Waals surface area contributed by atoms with Crippen LogP contribution < -0.4 is 0 Å². The quantitative estimate of drug-likeness (QED) is 0.687. The second-order valence-electron chi connectivity index (χ2n) is 3.39. The Morgan fingerprint density at radius 3 is 1.10 bits per heavy atom. The van der Waals surface area contributed by atoms with Crippen LogP contribution in [0.2, 0.25) is 0 Å². The summed E-state index contributed by atoms with van der Waals surface area (Å²) in [6.45, 7) is 5.27. The summed E-state index contributed by atoms with van der Waals surface area (Å²) in [5.41, 5.74) is 0. The number of ether oxygens (including phenoxy) is 5. The lowest BCUT2D eigenvalue weighted by molar-refractivity contribution is 0.138. The Morgan fingerprint density at radius 1 is 0.650 bits per heavy atom. The first-order valence-corrected chi connectivity index (χ1v) is 6.63. The third-order valence-corrected chi connectivity index (χ3v) is 1.49. The first-order valence-electron chi connectivity index (χ1n) is 6.63. The van der Waals surface area contributed by atoms with E-state index in [0.29, 0.717) is 6.61 Å². The van der Waals surface area contributed by atoms with Crippen LogP contribution >= 0.6 is 0 Å². The average molecular weight is 300 g/mol. The number of hydrogen-bond acceptors (Lipinski definition) is 6. The molecule has 0 amide bonds. The summed E-state index contributed by atoms with van der Waals surface area (Å²) in [5, 5.41) is 8.12. The molecule has 0 aliphatic heterocycles. The molecule has 0 saturated heterocycles. The summed E-state index contributed by atoms with van der Waals surface area (Å²) in [7, 11) is 9.93. The van der Waals surface area contributed by atoms with Crippen molar-refractivity contribution in [1.82, 2.24) is 0 Å². The molecule has 128 valence electrons. The highest BCUT2D eigenvalue weighted by Crippen LogP contribution is 1.78. The molecule has 0 heterocycles. The maximum atomic E-state index is 8.12. The standard InChI is InChI=1S/C5H12O2.C4H10O2.C3H8O.C2H6O/c1-6-4-3-5-7-2;1-6-4-2-3-5;1-3-4-2;1-3-2/h3-5H2,1-2H3;5H,2-4H2,1H3;3H2,1-2H3;1-2H3. The topological polar surface area (TPSA) is 66.4 Å². The van der Waals surface area contributed by atoms with Crippen LogP contribution in [-0.2, 0) is 23.7 Å². The Hall–Kier alpha value is -0.240. The van der Waals surface area contributed by atoms with Gasteiger partial charge in [0.2, 0.25) is 0 Å². The van der Waals surface area contributed by atoms with Crippen molar-refractivity contribution >= 4 is 0 Å². The molecule has 0 aromatic rings. The third kappa shape index (κ3) is 82.8. The summed E-state index contributed by atoms with van der Waals surface area (Å²) in [6.07, 6.45) is 1.74. The van der Waals surface area contributed by atoms with Crippen molar-refractivity contribution in [2.45, 2.75) is 19.8 Å². The summed E-state index contributed by atoms with van der Waals surface area (Å²) < 4.78 is 22.9. The van der Waals surface area contributed by atoms with Gasteiger partial charge in [-0.3, -0.25) is 0 Å². The van der Waals surface area contributed by atoms with Gasteiger partial charge in [-0.25, -0.2) is 0 Å². The van der Waals surface area contributed by atoms with Crippen molar-refractivity contribution in [2.75, 3.05) is 75.7 Å². The number of rotatable bonds is 8. The van der Waals surface area contributed by atoms with Gasteiger partial charge in [0.05, 0.1) is 0 Å². The lowest BCUT2D eigenvalue weighted by Crippen LogP contribution is -1.94. The molecule has 0 fully saturated rings. The fraction of sp³-hybridized carbons (Fsp3) is 1.00. The molecular formula is C14H36O6. The molecule has 0 aromatic carbocycles. The molecule has 0 unspecified atom stereocenters. The number of aliphatic hydroxyl groups is 1. The second kappa shape index (κ2) is 42.8. The highest BCUT2D eigenvalue weighted by atomic mass is 16.5. The minimum Gasteiger partial charge on any atom is -0.396 e. The number of methoxy groups -OCH3 is 5. The largest absolute Gasteiger partial charge is 0.396 e. The van der Waals surface area contributed by atoms with Gasteiger partial charge in [-0.15, -0.1) is 0 Å². The van der Waals surface area contributed by atoms with E-state index in [-0.39, 0.29) is 6.61 Å². The Bertz CT molecular complexity index is 93.7. The Balaban J connectivity index is -0.0000000899. The summed E-state index contributed by atoms with van der Waals surface area (Å²) in [5.74, 6) is 0. The molecule has 0 aliphatic rings. The van der Waals surface area contributed by atoms with Gasteiger partial charge in [0.1, 0.15) is 0 Å². The molecular weight excluding hydrogens is 264 g/mol. The first kappa shape index (κ1) is 28.0. The molecule has 0 spiro atoms. The first-order chi connectivity index (χ1) is 9.66. The zero-order valence-corrected chi connectivity index (χ0v) is 14.4. The monoisotopic (exact) mass is 300 g/mol. The SMILES string of the molecule is CCOC.COC.COCCCO.COCCCOC. The molecule has 0 bridgehead atoms. The van der Waals surface area contributed by atoms with Crippen molar-refractivity contribution in [2.24, 2.45) is 0 Å². The Labute approximate surface area is 125 Å². The van der Waals surface area contributed by atoms with Gasteiger partial charge in [-0.1, -0.05) is 0 Å². The van der Waals surface area contributed by atoms with E-state index in [9.17, 15) is 0 Å². The lowest BCUT2D eigenvalue weighted by atomic mass is 10.5. The summed E-state index contributed by atoms with van der Waals surface area (Å²) in [6, 6.07) is 0. The van der Waals surface area contributed by atoms with Crippen LogP contribution in [0.3, 0.4) is 0 Å². The molecule has 0 saturated carbocycles. The molecule has 0 aliphatic carbocycles. The van der Waals surface area contributed by atoms with Crippen LogP contribution in [0.15, 0.2) is 0 Å². The van der Waals surface area contributed by atoms with Crippen molar-refractivity contribution in [1.29, 1.82) is 0 Å². The molecule has 0 radical (unpaired) electrons. The van der Waals surface area contributed by atoms with Gasteiger partial charge in [0, 0.05) is 75.7 Å². The minimum atomic E-state index is 0.230. The lowest BCUT2D eigenvalue weighted by Gasteiger charge is -1.94. The van der Waals surface area contributed by atoms with Gasteiger partial charge in [-0.05, 0) is 19.8 Å². The average Bonchev–Trinajstić information content (AvgIpc) is 2.47. The zero-order chi connectivity index (χ0) is 16.5. The maximum absolute atomic E-state index is 8.12. The Morgan fingerprint density at radius 2 is 0.950 bits per heavy atom. The molecule has 20 heavy (non-hydrogen) atoms. The molecule has 0 aromatic heterocycles. The normalized spacial score (nSPS) is 8.40. The molecule has 0 rings (SSSR count). The third-order valence-electron chi connectivity index (χ3n) is 1.49. The van der Waals surface area contributed by atoms with E-state index in [4.69, 9.17) is 14.6 Å². The Kier molecular flexibility index (Phi) is 59.9. The second-order valence-corrected chi connectivity index (χ2v) is 3.39. The maximum Gasteiger partial charge on any atom is 0.0484 e. The summed E-state index contributed by atoms with van der Waals surface area (Å²) in [4.78, 5) is 0. The summed E-state index contributed by atoms with van der Waals surface area (Å²) >= 11 is 0. The van der Waals surface area contributed by atoms with Gasteiger partial charge in [0.25, 0.3) is 0 Å². The van der Waals surface area contributed by atoms with Crippen LogP contribution in [0, 0.1) is 0 Å². The smallest absolute Gasteiger partial charge is 0.0484 e. The molecule has 6 nitrogen and oxygen atoms in total. The molecule has 0 atom stereocenters. The van der Waals surface area contributed by atoms with E-state index < -0.39 is 0 Å². The van der Waals surface area contributed by atoms with E-state index in [0.717, 1.165) is 32.7 Å². The minimum absolute atomic E-state index is 0.230. The predicted octanol–water partition coefficient (Wildman–Crippen LogP) is 1.60. The van der Waals surface area contributed by atoms with Gasteiger partial charge in [0.15, 0.2) is 0 Å². The van der Waals surface area contributed by atoms with E-state index >= 15 is 0 Å². The van der Waals surface area contributed by atoms with E-state index in [1.165, 1.54) is 0 Å². The highest BCUT2D eigenvalue weighted by Gasteiger charge is 1.79. The van der Waals surface area contributed by atoms with E-state index in [1.807, 2.05) is 6.92 Å². The fourth-order valence-corrected chi connectivity index (χ4v) is 0.556. The highest BCUT2D eigenvalue weighted by molar-refractivity contribution is 4.28.